The maximum atomic E-state index is 6.02. The smallest absolute Gasteiger partial charge is 0.124 e. The Balaban J connectivity index is 2.07. The number of aryl methyl sites for hydroxylation is 1. The molecule has 2 aromatic carbocycles. The van der Waals surface area contributed by atoms with Gasteiger partial charge in [-0.3, -0.25) is 0 Å². The fourth-order valence-corrected chi connectivity index (χ4v) is 2.23. The summed E-state index contributed by atoms with van der Waals surface area (Å²) >= 11 is 6.02. The molecule has 112 valence electrons. The zero-order chi connectivity index (χ0) is 15.2. The number of benzene rings is 2. The highest BCUT2D eigenvalue weighted by Crippen LogP contribution is 2.24. The van der Waals surface area contributed by atoms with Gasteiger partial charge >= 0.3 is 0 Å². The van der Waals surface area contributed by atoms with Gasteiger partial charge in [0.1, 0.15) is 12.4 Å². The minimum atomic E-state index is 0.467. The first-order chi connectivity index (χ1) is 10.1. The third-order valence-corrected chi connectivity index (χ3v) is 3.59. The SMILES string of the molecule is Cc1ccc(Cl)cc1OCc1ccccc1CNC(C)C. The van der Waals surface area contributed by atoms with Crippen molar-refractivity contribution in [2.45, 2.75) is 40.0 Å². The summed E-state index contributed by atoms with van der Waals surface area (Å²) in [6.07, 6.45) is 0. The van der Waals surface area contributed by atoms with Crippen LogP contribution in [0.3, 0.4) is 0 Å². The zero-order valence-corrected chi connectivity index (χ0v) is 13.6. The fraction of sp³-hybridized carbons (Fsp3) is 0.333. The minimum Gasteiger partial charge on any atom is -0.489 e. The maximum absolute atomic E-state index is 6.02. The van der Waals surface area contributed by atoms with Crippen LogP contribution in [0.4, 0.5) is 0 Å². The zero-order valence-electron chi connectivity index (χ0n) is 12.8. The van der Waals surface area contributed by atoms with Crippen LogP contribution in [0.25, 0.3) is 0 Å². The first-order valence-electron chi connectivity index (χ1n) is 7.25. The van der Waals surface area contributed by atoms with Crippen molar-refractivity contribution in [2.75, 3.05) is 0 Å². The third-order valence-electron chi connectivity index (χ3n) is 3.35. The van der Waals surface area contributed by atoms with Gasteiger partial charge in [-0.15, -0.1) is 0 Å². The summed E-state index contributed by atoms with van der Waals surface area (Å²) in [7, 11) is 0. The van der Waals surface area contributed by atoms with E-state index in [-0.39, 0.29) is 0 Å². The van der Waals surface area contributed by atoms with Crippen molar-refractivity contribution in [3.8, 4) is 5.75 Å². The summed E-state index contributed by atoms with van der Waals surface area (Å²) in [6, 6.07) is 14.5. The van der Waals surface area contributed by atoms with E-state index in [1.54, 1.807) is 0 Å². The normalized spacial score (nSPS) is 10.9. The van der Waals surface area contributed by atoms with E-state index in [2.05, 4.69) is 37.4 Å². The van der Waals surface area contributed by atoms with Gasteiger partial charge in [-0.05, 0) is 35.7 Å². The van der Waals surface area contributed by atoms with Gasteiger partial charge in [-0.1, -0.05) is 55.8 Å². The molecule has 0 atom stereocenters. The molecule has 3 heteroatoms. The molecule has 0 spiro atoms. The van der Waals surface area contributed by atoms with Gasteiger partial charge in [0.25, 0.3) is 0 Å². The van der Waals surface area contributed by atoms with Gasteiger partial charge in [0.2, 0.25) is 0 Å². The molecule has 0 bridgehead atoms. The van der Waals surface area contributed by atoms with Crippen molar-refractivity contribution in [3.05, 3.63) is 64.2 Å². The van der Waals surface area contributed by atoms with Crippen molar-refractivity contribution in [1.82, 2.24) is 5.32 Å². The van der Waals surface area contributed by atoms with E-state index >= 15 is 0 Å². The highest BCUT2D eigenvalue weighted by atomic mass is 35.5. The molecule has 21 heavy (non-hydrogen) atoms. The van der Waals surface area contributed by atoms with Gasteiger partial charge in [-0.2, -0.15) is 0 Å². The Morgan fingerprint density at radius 1 is 1.10 bits per heavy atom. The number of halogens is 1. The average molecular weight is 304 g/mol. The van der Waals surface area contributed by atoms with Crippen LogP contribution >= 0.6 is 11.6 Å². The molecule has 0 aliphatic carbocycles. The molecule has 2 aromatic rings. The molecule has 2 nitrogen and oxygen atoms in total. The van der Waals surface area contributed by atoms with Gasteiger partial charge in [-0.25, -0.2) is 0 Å². The van der Waals surface area contributed by atoms with Crippen LogP contribution in [-0.2, 0) is 13.2 Å². The molecule has 0 saturated carbocycles. The molecule has 0 amide bonds. The number of ether oxygens (including phenoxy) is 1. The van der Waals surface area contributed by atoms with Crippen LogP contribution in [0.1, 0.15) is 30.5 Å². The van der Waals surface area contributed by atoms with E-state index in [0.29, 0.717) is 17.7 Å². The predicted octanol–water partition coefficient (Wildman–Crippen LogP) is 4.73. The lowest BCUT2D eigenvalue weighted by Crippen LogP contribution is -2.22. The Labute approximate surface area is 132 Å². The van der Waals surface area contributed by atoms with Gasteiger partial charge in [0.15, 0.2) is 0 Å². The van der Waals surface area contributed by atoms with Crippen LogP contribution in [-0.4, -0.2) is 6.04 Å². The molecule has 0 heterocycles. The molecular weight excluding hydrogens is 282 g/mol. The molecule has 0 unspecified atom stereocenters. The van der Waals surface area contributed by atoms with Crippen LogP contribution in [0.5, 0.6) is 5.75 Å². The summed E-state index contributed by atoms with van der Waals surface area (Å²) in [6.45, 7) is 7.73. The topological polar surface area (TPSA) is 21.3 Å². The lowest BCUT2D eigenvalue weighted by molar-refractivity contribution is 0.302. The Hall–Kier alpha value is -1.51. The monoisotopic (exact) mass is 303 g/mol. The van der Waals surface area contributed by atoms with E-state index in [4.69, 9.17) is 16.3 Å². The largest absolute Gasteiger partial charge is 0.489 e. The van der Waals surface area contributed by atoms with Crippen LogP contribution < -0.4 is 10.1 Å². The molecular formula is C18H22ClNO. The number of hydrogen-bond donors (Lipinski definition) is 1. The first-order valence-corrected chi connectivity index (χ1v) is 7.63. The molecule has 0 fully saturated rings. The number of hydrogen-bond acceptors (Lipinski definition) is 2. The third kappa shape index (κ3) is 4.76. The van der Waals surface area contributed by atoms with Crippen LogP contribution in [0.15, 0.2) is 42.5 Å². The summed E-state index contributed by atoms with van der Waals surface area (Å²) in [5.74, 6) is 0.842. The van der Waals surface area contributed by atoms with E-state index in [0.717, 1.165) is 17.9 Å². The quantitative estimate of drug-likeness (QED) is 0.833. The Kier molecular flexibility index (Phi) is 5.66. The van der Waals surface area contributed by atoms with Crippen molar-refractivity contribution in [2.24, 2.45) is 0 Å². The van der Waals surface area contributed by atoms with Gasteiger partial charge in [0.05, 0.1) is 0 Å². The highest BCUT2D eigenvalue weighted by Gasteiger charge is 2.05. The second-order valence-corrected chi connectivity index (χ2v) is 5.94. The number of rotatable bonds is 6. The van der Waals surface area contributed by atoms with Crippen molar-refractivity contribution in [1.29, 1.82) is 0 Å². The Morgan fingerprint density at radius 3 is 2.52 bits per heavy atom. The number of nitrogens with one attached hydrogen (secondary N) is 1. The van der Waals surface area contributed by atoms with Gasteiger partial charge < -0.3 is 10.1 Å². The first kappa shape index (κ1) is 15.9. The van der Waals surface area contributed by atoms with Crippen molar-refractivity contribution >= 4 is 11.6 Å². The molecule has 0 saturated heterocycles. The summed E-state index contributed by atoms with van der Waals surface area (Å²) < 4.78 is 5.94. The fourth-order valence-electron chi connectivity index (χ4n) is 2.07. The predicted molar refractivity (Wildman–Crippen MR) is 88.9 cm³/mol. The Morgan fingerprint density at radius 2 is 1.81 bits per heavy atom. The second kappa shape index (κ2) is 7.48. The van der Waals surface area contributed by atoms with Gasteiger partial charge in [0, 0.05) is 17.6 Å². The van der Waals surface area contributed by atoms with Crippen LogP contribution in [0.2, 0.25) is 5.02 Å². The lowest BCUT2D eigenvalue weighted by atomic mass is 10.1. The lowest BCUT2D eigenvalue weighted by Gasteiger charge is -2.14. The molecule has 0 aliphatic heterocycles. The highest BCUT2D eigenvalue weighted by molar-refractivity contribution is 6.30. The molecule has 0 aromatic heterocycles. The van der Waals surface area contributed by atoms with E-state index < -0.39 is 0 Å². The molecule has 0 radical (unpaired) electrons. The Bertz CT molecular complexity index is 596. The minimum absolute atomic E-state index is 0.467. The standard InChI is InChI=1S/C18H22ClNO/c1-13(2)20-11-15-6-4-5-7-16(15)12-21-18-10-17(19)9-8-14(18)3/h4-10,13,20H,11-12H2,1-3H3. The molecule has 0 aliphatic rings. The second-order valence-electron chi connectivity index (χ2n) is 5.50. The van der Waals surface area contributed by atoms with E-state index in [1.165, 1.54) is 11.1 Å². The van der Waals surface area contributed by atoms with E-state index in [1.807, 2.05) is 31.2 Å². The maximum Gasteiger partial charge on any atom is 0.124 e. The van der Waals surface area contributed by atoms with Crippen LogP contribution in [0, 0.1) is 6.92 Å². The van der Waals surface area contributed by atoms with Crippen molar-refractivity contribution < 1.29 is 4.74 Å². The summed E-state index contributed by atoms with van der Waals surface area (Å²) in [5.41, 5.74) is 3.56. The van der Waals surface area contributed by atoms with Crippen molar-refractivity contribution in [3.63, 3.8) is 0 Å². The molecule has 1 N–H and O–H groups in total. The average Bonchev–Trinajstić information content (AvgIpc) is 2.47. The summed E-state index contributed by atoms with van der Waals surface area (Å²) in [4.78, 5) is 0. The molecule has 2 rings (SSSR count). The van der Waals surface area contributed by atoms with E-state index in [9.17, 15) is 0 Å². The summed E-state index contributed by atoms with van der Waals surface area (Å²) in [5, 5.41) is 4.14.